The van der Waals surface area contributed by atoms with Crippen LogP contribution in [0.2, 0.25) is 0 Å². The number of rotatable bonds is 8. The molecule has 8 nitrogen and oxygen atoms in total. The lowest BCUT2D eigenvalue weighted by molar-refractivity contribution is 0.775. The highest BCUT2D eigenvalue weighted by molar-refractivity contribution is 5.90. The molecule has 0 spiro atoms. The average molecular weight is 777 g/mol. The maximum Gasteiger partial charge on any atom is 0.277 e. The first kappa shape index (κ1) is 35.1. The van der Waals surface area contributed by atoms with Crippen molar-refractivity contribution in [1.29, 1.82) is 0 Å². The molecule has 0 aliphatic carbocycles. The molecule has 0 aliphatic heterocycles. The zero-order valence-electron chi connectivity index (χ0n) is 32.4. The molecule has 4 heterocycles. The monoisotopic (exact) mass is 776 g/mol. The molecule has 286 valence electrons. The van der Waals surface area contributed by atoms with Gasteiger partial charge in [0.2, 0.25) is 0 Å². The molecule has 0 unspecified atom stereocenters. The van der Waals surface area contributed by atoms with Crippen LogP contribution in [0.5, 0.6) is 0 Å². The van der Waals surface area contributed by atoms with Crippen LogP contribution in [0.3, 0.4) is 0 Å². The Kier molecular flexibility index (Phi) is 8.41. The standard InChI is InChI=1S/C52H36N6O2/c59-51-47-45(37-20-5-1-6-21-37)53-49(39-24-9-3-10-25-39)57(47)43-30-15-13-28-41(43)55(51)33-35-18-17-19-36(32-35)34-56-42-29-14-16-31-44(42)58-48(52(56)60)46(38-22-7-2-8-23-38)54-50(58)40-26-11-4-12-27-40/h1-32H,33-34H2. The smallest absolute Gasteiger partial charge is 0.277 e. The molecule has 11 rings (SSSR count). The molecule has 7 aromatic carbocycles. The van der Waals surface area contributed by atoms with Crippen molar-refractivity contribution in [2.45, 2.75) is 13.1 Å². The summed E-state index contributed by atoms with van der Waals surface area (Å²) in [6.45, 7) is 0.638. The fraction of sp³-hybridized carbons (Fsp3) is 0.0385. The molecule has 0 aliphatic rings. The second-order valence-corrected chi connectivity index (χ2v) is 15.0. The van der Waals surface area contributed by atoms with Crippen molar-refractivity contribution in [2.24, 2.45) is 0 Å². The third-order valence-corrected chi connectivity index (χ3v) is 11.3. The lowest BCUT2D eigenvalue weighted by Gasteiger charge is -2.16. The first-order valence-electron chi connectivity index (χ1n) is 20.0. The van der Waals surface area contributed by atoms with E-state index in [0.29, 0.717) is 47.2 Å². The molecule has 4 aromatic heterocycles. The molecule has 0 saturated heterocycles. The highest BCUT2D eigenvalue weighted by Crippen LogP contribution is 2.33. The Morgan fingerprint density at radius 3 is 1.07 bits per heavy atom. The van der Waals surface area contributed by atoms with Gasteiger partial charge < -0.3 is 9.13 Å². The molecule has 0 amide bonds. The van der Waals surface area contributed by atoms with Crippen LogP contribution in [0.1, 0.15) is 11.1 Å². The molecule has 0 bridgehead atoms. The SMILES string of the molecule is O=c1c2c(-c3ccccc3)nc(-c3ccccc3)n2c2ccccc2n1Cc1cccc(Cn2c(=O)c3c(-c4ccccc4)nc(-c4ccccc4)n3c3ccccc32)c1. The quantitative estimate of drug-likeness (QED) is 0.154. The molecule has 11 aromatic rings. The predicted molar refractivity (Wildman–Crippen MR) is 240 cm³/mol. The van der Waals surface area contributed by atoms with Crippen molar-refractivity contribution in [3.63, 3.8) is 0 Å². The third-order valence-electron chi connectivity index (χ3n) is 11.3. The van der Waals surface area contributed by atoms with Crippen LogP contribution in [0.4, 0.5) is 0 Å². The van der Waals surface area contributed by atoms with E-state index in [-0.39, 0.29) is 11.1 Å². The normalized spacial score (nSPS) is 11.6. The van der Waals surface area contributed by atoms with Crippen LogP contribution in [-0.2, 0) is 13.1 Å². The summed E-state index contributed by atoms with van der Waals surface area (Å²) in [4.78, 5) is 40.3. The van der Waals surface area contributed by atoms with E-state index < -0.39 is 0 Å². The van der Waals surface area contributed by atoms with E-state index in [1.165, 1.54) is 0 Å². The Balaban J connectivity index is 1.07. The molecule has 0 fully saturated rings. The van der Waals surface area contributed by atoms with E-state index in [0.717, 1.165) is 55.4 Å². The van der Waals surface area contributed by atoms with E-state index in [2.05, 4.69) is 18.2 Å². The summed E-state index contributed by atoms with van der Waals surface area (Å²) < 4.78 is 7.73. The van der Waals surface area contributed by atoms with Crippen LogP contribution in [0, 0.1) is 0 Å². The maximum absolute atomic E-state index is 15.0. The molecular weight excluding hydrogens is 741 g/mol. The number of hydrogen-bond acceptors (Lipinski definition) is 4. The molecule has 0 radical (unpaired) electrons. The highest BCUT2D eigenvalue weighted by Gasteiger charge is 2.24. The van der Waals surface area contributed by atoms with Crippen LogP contribution >= 0.6 is 0 Å². The Bertz CT molecular complexity index is 3280. The lowest BCUT2D eigenvalue weighted by Crippen LogP contribution is -2.25. The van der Waals surface area contributed by atoms with Gasteiger partial charge in [0.15, 0.2) is 0 Å². The van der Waals surface area contributed by atoms with Crippen LogP contribution in [0.25, 0.3) is 78.4 Å². The van der Waals surface area contributed by atoms with Crippen molar-refractivity contribution in [1.82, 2.24) is 27.9 Å². The van der Waals surface area contributed by atoms with Crippen LogP contribution < -0.4 is 11.1 Å². The van der Waals surface area contributed by atoms with Crippen molar-refractivity contribution in [2.75, 3.05) is 0 Å². The topological polar surface area (TPSA) is 78.6 Å². The highest BCUT2D eigenvalue weighted by atomic mass is 16.1. The van der Waals surface area contributed by atoms with Gasteiger partial charge in [-0.15, -0.1) is 0 Å². The molecule has 8 heteroatoms. The van der Waals surface area contributed by atoms with Crippen molar-refractivity contribution in [3.05, 3.63) is 226 Å². The molecule has 0 atom stereocenters. The fourth-order valence-corrected chi connectivity index (χ4v) is 8.60. The molecule has 0 saturated carbocycles. The Hall–Kier alpha value is -8.10. The van der Waals surface area contributed by atoms with Gasteiger partial charge in [0.05, 0.1) is 35.2 Å². The maximum atomic E-state index is 15.0. The van der Waals surface area contributed by atoms with Crippen molar-refractivity contribution >= 4 is 33.1 Å². The summed E-state index contributed by atoms with van der Waals surface area (Å²) in [6.07, 6.45) is 0. The first-order valence-corrected chi connectivity index (χ1v) is 20.0. The second-order valence-electron chi connectivity index (χ2n) is 15.0. The Morgan fingerprint density at radius 2 is 0.683 bits per heavy atom. The predicted octanol–water partition coefficient (Wildman–Crippen LogP) is 10.4. The van der Waals surface area contributed by atoms with Gasteiger partial charge in [0.1, 0.15) is 34.1 Å². The number of imidazole rings is 2. The van der Waals surface area contributed by atoms with Gasteiger partial charge in [0.25, 0.3) is 11.1 Å². The summed E-state index contributed by atoms with van der Waals surface area (Å²) in [5.41, 5.74) is 10.9. The van der Waals surface area contributed by atoms with Gasteiger partial charge >= 0.3 is 0 Å². The summed E-state index contributed by atoms with van der Waals surface area (Å²) in [6, 6.07) is 64.1. The second kappa shape index (κ2) is 14.4. The number of nitrogens with zero attached hydrogens (tertiary/aromatic N) is 6. The summed E-state index contributed by atoms with van der Waals surface area (Å²) in [7, 11) is 0. The van der Waals surface area contributed by atoms with E-state index in [1.807, 2.05) is 194 Å². The van der Waals surface area contributed by atoms with Gasteiger partial charge in [-0.3, -0.25) is 18.4 Å². The largest absolute Gasteiger partial charge is 0.300 e. The summed E-state index contributed by atoms with van der Waals surface area (Å²) in [5, 5.41) is 0. The van der Waals surface area contributed by atoms with Gasteiger partial charge in [-0.05, 0) is 35.4 Å². The van der Waals surface area contributed by atoms with Crippen molar-refractivity contribution < 1.29 is 0 Å². The Labute approximate surface area is 344 Å². The van der Waals surface area contributed by atoms with E-state index >= 15 is 0 Å². The fourth-order valence-electron chi connectivity index (χ4n) is 8.60. The zero-order valence-corrected chi connectivity index (χ0v) is 32.4. The van der Waals surface area contributed by atoms with E-state index in [9.17, 15) is 9.59 Å². The molecule has 0 N–H and O–H groups in total. The lowest BCUT2D eigenvalue weighted by atomic mass is 10.1. The number of aromatic nitrogens is 6. The number of hydrogen-bond donors (Lipinski definition) is 0. The van der Waals surface area contributed by atoms with Crippen LogP contribution in [-0.4, -0.2) is 27.9 Å². The molecular formula is C52H36N6O2. The Morgan fingerprint density at radius 1 is 0.350 bits per heavy atom. The number of benzene rings is 7. The van der Waals surface area contributed by atoms with Crippen molar-refractivity contribution in [3.8, 4) is 45.3 Å². The van der Waals surface area contributed by atoms with Crippen LogP contribution in [0.15, 0.2) is 204 Å². The van der Waals surface area contributed by atoms with Gasteiger partial charge in [-0.2, -0.15) is 0 Å². The number of fused-ring (bicyclic) bond motifs is 6. The third kappa shape index (κ3) is 5.76. The number of para-hydroxylation sites is 4. The minimum absolute atomic E-state index is 0.135. The van der Waals surface area contributed by atoms with Gasteiger partial charge in [0, 0.05) is 22.3 Å². The zero-order chi connectivity index (χ0) is 40.2. The average Bonchev–Trinajstić information content (AvgIpc) is 3.92. The van der Waals surface area contributed by atoms with Gasteiger partial charge in [-0.1, -0.05) is 170 Å². The summed E-state index contributed by atoms with van der Waals surface area (Å²) in [5.74, 6) is 1.43. The van der Waals surface area contributed by atoms with Gasteiger partial charge in [-0.25, -0.2) is 9.97 Å². The summed E-state index contributed by atoms with van der Waals surface area (Å²) >= 11 is 0. The van der Waals surface area contributed by atoms with E-state index in [1.54, 1.807) is 0 Å². The minimum Gasteiger partial charge on any atom is -0.300 e. The minimum atomic E-state index is -0.135. The van der Waals surface area contributed by atoms with E-state index in [4.69, 9.17) is 9.97 Å². The first-order chi connectivity index (χ1) is 29.6. The molecule has 60 heavy (non-hydrogen) atoms.